The van der Waals surface area contributed by atoms with E-state index in [1.807, 2.05) is 23.1 Å². The molecule has 3 heterocycles. The van der Waals surface area contributed by atoms with Crippen molar-refractivity contribution in [3.05, 3.63) is 51.6 Å². The third-order valence-electron chi connectivity index (χ3n) is 6.77. The molecular formula is C25H26ClN5O3S. The molecule has 0 amide bonds. The molecule has 1 aromatic heterocycles. The molecule has 6 rings (SSSR count). The Kier molecular flexibility index (Phi) is 5.56. The van der Waals surface area contributed by atoms with E-state index in [9.17, 15) is 8.42 Å². The number of allylic oxidation sites excluding steroid dienone is 1. The highest BCUT2D eigenvalue weighted by atomic mass is 35.5. The second kappa shape index (κ2) is 8.64. The van der Waals surface area contributed by atoms with E-state index in [0.717, 1.165) is 24.4 Å². The molecule has 1 saturated carbocycles. The molecule has 2 aromatic rings. The number of fused-ring (bicyclic) bond motifs is 1. The number of rotatable bonds is 5. The van der Waals surface area contributed by atoms with Gasteiger partial charge >= 0.3 is 6.01 Å². The van der Waals surface area contributed by atoms with Crippen LogP contribution in [0, 0.1) is 5.92 Å². The van der Waals surface area contributed by atoms with E-state index in [1.165, 1.54) is 29.6 Å². The first kappa shape index (κ1) is 22.5. The highest BCUT2D eigenvalue weighted by Gasteiger charge is 2.28. The molecule has 0 bridgehead atoms. The summed E-state index contributed by atoms with van der Waals surface area (Å²) in [5.74, 6) is 3.24. The molecule has 2 aliphatic carbocycles. The lowest BCUT2D eigenvalue weighted by molar-refractivity contribution is 0.442. The quantitative estimate of drug-likeness (QED) is 0.640. The zero-order valence-electron chi connectivity index (χ0n) is 19.4. The van der Waals surface area contributed by atoms with Crippen LogP contribution < -0.4 is 15.0 Å². The summed E-state index contributed by atoms with van der Waals surface area (Å²) in [6.45, 7) is 3.54. The van der Waals surface area contributed by atoms with Gasteiger partial charge in [0.2, 0.25) is 0 Å². The first-order valence-corrected chi connectivity index (χ1v) is 14.1. The van der Waals surface area contributed by atoms with Crippen LogP contribution in [-0.4, -0.2) is 55.4 Å². The van der Waals surface area contributed by atoms with Gasteiger partial charge in [0.15, 0.2) is 9.84 Å². The molecular weight excluding hydrogens is 486 g/mol. The molecule has 35 heavy (non-hydrogen) atoms. The lowest BCUT2D eigenvalue weighted by atomic mass is 10.1. The molecule has 1 aromatic carbocycles. The van der Waals surface area contributed by atoms with Gasteiger partial charge in [-0.3, -0.25) is 4.99 Å². The van der Waals surface area contributed by atoms with E-state index in [2.05, 4.69) is 39.4 Å². The number of ether oxygens (including phenoxy) is 1. The van der Waals surface area contributed by atoms with E-state index in [4.69, 9.17) is 16.3 Å². The Morgan fingerprint density at radius 1 is 1.14 bits per heavy atom. The van der Waals surface area contributed by atoms with Crippen LogP contribution >= 0.6 is 11.6 Å². The van der Waals surface area contributed by atoms with Crippen molar-refractivity contribution < 1.29 is 13.2 Å². The van der Waals surface area contributed by atoms with Crippen molar-refractivity contribution >= 4 is 45.0 Å². The molecule has 2 aliphatic heterocycles. The Balaban J connectivity index is 1.31. The summed E-state index contributed by atoms with van der Waals surface area (Å²) in [6.07, 6.45) is 7.52. The molecule has 10 heteroatoms. The van der Waals surface area contributed by atoms with Gasteiger partial charge in [-0.25, -0.2) is 8.42 Å². The van der Waals surface area contributed by atoms with Crippen LogP contribution in [0.3, 0.4) is 0 Å². The maximum atomic E-state index is 11.9. The highest BCUT2D eigenvalue weighted by Crippen LogP contribution is 2.39. The summed E-state index contributed by atoms with van der Waals surface area (Å²) < 4.78 is 30.0. The van der Waals surface area contributed by atoms with Crippen molar-refractivity contribution in [3.63, 3.8) is 0 Å². The fourth-order valence-corrected chi connectivity index (χ4v) is 6.15. The summed E-state index contributed by atoms with van der Waals surface area (Å²) in [5, 5.41) is 3.82. The zero-order chi connectivity index (χ0) is 24.2. The van der Waals surface area contributed by atoms with Crippen LogP contribution in [0.4, 0.5) is 11.6 Å². The van der Waals surface area contributed by atoms with Gasteiger partial charge in [0, 0.05) is 24.7 Å². The van der Waals surface area contributed by atoms with Crippen LogP contribution in [0.25, 0.3) is 6.08 Å². The molecule has 1 saturated heterocycles. The Hall–Kier alpha value is -2.91. The average molecular weight is 512 g/mol. The summed E-state index contributed by atoms with van der Waals surface area (Å²) >= 11 is 6.67. The van der Waals surface area contributed by atoms with E-state index in [0.29, 0.717) is 41.4 Å². The largest absolute Gasteiger partial charge is 0.423 e. The van der Waals surface area contributed by atoms with Crippen molar-refractivity contribution in [1.29, 1.82) is 0 Å². The number of amidine groups is 1. The van der Waals surface area contributed by atoms with Gasteiger partial charge in [0.25, 0.3) is 0 Å². The number of aromatic nitrogens is 2. The van der Waals surface area contributed by atoms with E-state index < -0.39 is 9.84 Å². The van der Waals surface area contributed by atoms with Crippen molar-refractivity contribution in [1.82, 2.24) is 9.97 Å². The SMILES string of the molecule is CC1=Cc2c(ccc(Oc3nc(NC4=NCC(C5CC5)=C4)cc(N4CCS(=O)(=O)CC4)n3)c2Cl)C1. The van der Waals surface area contributed by atoms with Crippen molar-refractivity contribution in [3.8, 4) is 11.8 Å². The summed E-state index contributed by atoms with van der Waals surface area (Å²) in [6, 6.07) is 5.81. The average Bonchev–Trinajstić information content (AvgIpc) is 3.44. The third-order valence-corrected chi connectivity index (χ3v) is 8.77. The lowest BCUT2D eigenvalue weighted by Gasteiger charge is -2.28. The van der Waals surface area contributed by atoms with Gasteiger partial charge in [0.05, 0.1) is 23.1 Å². The predicted molar refractivity (Wildman–Crippen MR) is 139 cm³/mol. The Labute approximate surface area is 209 Å². The Morgan fingerprint density at radius 3 is 2.71 bits per heavy atom. The van der Waals surface area contributed by atoms with E-state index in [1.54, 1.807) is 0 Å². The molecule has 2 fully saturated rings. The number of nitrogens with zero attached hydrogens (tertiary/aromatic N) is 4. The lowest BCUT2D eigenvalue weighted by Crippen LogP contribution is -2.40. The number of aliphatic imine (C=N–C) groups is 1. The normalized spacial score (nSPS) is 20.7. The molecule has 8 nitrogen and oxygen atoms in total. The fourth-order valence-electron chi connectivity index (χ4n) is 4.68. The van der Waals surface area contributed by atoms with Gasteiger partial charge < -0.3 is 15.0 Å². The first-order chi connectivity index (χ1) is 16.8. The van der Waals surface area contributed by atoms with Crippen LogP contribution in [0.15, 0.2) is 40.4 Å². The smallest absolute Gasteiger partial charge is 0.325 e. The zero-order valence-corrected chi connectivity index (χ0v) is 21.0. The maximum absolute atomic E-state index is 11.9. The number of halogens is 1. The second-order valence-electron chi connectivity index (χ2n) is 9.57. The van der Waals surface area contributed by atoms with Crippen molar-refractivity contribution in [2.45, 2.75) is 26.2 Å². The topological polar surface area (TPSA) is 96.8 Å². The molecule has 0 spiro atoms. The first-order valence-electron chi connectivity index (χ1n) is 11.9. The van der Waals surface area contributed by atoms with Crippen LogP contribution in [0.2, 0.25) is 5.02 Å². The van der Waals surface area contributed by atoms with E-state index in [-0.39, 0.29) is 17.5 Å². The van der Waals surface area contributed by atoms with Crippen LogP contribution in [0.1, 0.15) is 30.9 Å². The standard InChI is InChI=1S/C25H26ClN5O3S/c1-15-10-17-4-5-20(24(26)19(17)11-15)34-25-29-22(28-21-12-18(14-27-21)16-2-3-16)13-23(30-25)31-6-8-35(32,33)9-7-31/h4-5,11-13,16H,2-3,6-10,14H2,1H3,(H,27,28,29,30). The number of benzene rings is 1. The van der Waals surface area contributed by atoms with Gasteiger partial charge in [-0.1, -0.05) is 29.3 Å². The Bertz CT molecular complexity index is 1400. The van der Waals surface area contributed by atoms with Crippen molar-refractivity contribution in [2.24, 2.45) is 10.9 Å². The number of sulfone groups is 1. The maximum Gasteiger partial charge on any atom is 0.325 e. The van der Waals surface area contributed by atoms with Crippen molar-refractivity contribution in [2.75, 3.05) is 41.4 Å². The summed E-state index contributed by atoms with van der Waals surface area (Å²) in [7, 11) is -3.02. The van der Waals surface area contributed by atoms with Crippen LogP contribution in [-0.2, 0) is 16.3 Å². The molecule has 4 aliphatic rings. The minimum Gasteiger partial charge on any atom is -0.423 e. The summed E-state index contributed by atoms with van der Waals surface area (Å²) in [4.78, 5) is 15.7. The molecule has 182 valence electrons. The number of hydrogen-bond donors (Lipinski definition) is 1. The minimum absolute atomic E-state index is 0.0957. The number of hydrogen-bond acceptors (Lipinski definition) is 8. The number of nitrogens with one attached hydrogen (secondary N) is 1. The predicted octanol–water partition coefficient (Wildman–Crippen LogP) is 4.28. The Morgan fingerprint density at radius 2 is 1.94 bits per heavy atom. The highest BCUT2D eigenvalue weighted by molar-refractivity contribution is 7.91. The molecule has 1 N–H and O–H groups in total. The third kappa shape index (κ3) is 4.79. The fraction of sp³-hybridized carbons (Fsp3) is 0.400. The molecule has 0 atom stereocenters. The second-order valence-corrected chi connectivity index (χ2v) is 12.3. The van der Waals surface area contributed by atoms with Gasteiger partial charge in [-0.2, -0.15) is 9.97 Å². The van der Waals surface area contributed by atoms with E-state index >= 15 is 0 Å². The minimum atomic E-state index is -3.02. The molecule has 0 unspecified atom stereocenters. The van der Waals surface area contributed by atoms with Gasteiger partial charge in [0.1, 0.15) is 23.2 Å². The monoisotopic (exact) mass is 511 g/mol. The summed E-state index contributed by atoms with van der Waals surface area (Å²) in [5.41, 5.74) is 4.74. The van der Waals surface area contributed by atoms with Gasteiger partial charge in [-0.05, 0) is 55.4 Å². The number of anilines is 2. The molecule has 0 radical (unpaired) electrons. The van der Waals surface area contributed by atoms with Gasteiger partial charge in [-0.15, -0.1) is 0 Å². The van der Waals surface area contributed by atoms with Crippen LogP contribution in [0.5, 0.6) is 11.8 Å².